The van der Waals surface area contributed by atoms with Gasteiger partial charge in [-0.25, -0.2) is 8.42 Å². The van der Waals surface area contributed by atoms with Crippen LogP contribution in [0.4, 0.5) is 0 Å². The molecule has 1 amide bonds. The molecule has 1 heterocycles. The number of piperidine rings is 1. The summed E-state index contributed by atoms with van der Waals surface area (Å²) in [6.45, 7) is 1.79. The topological polar surface area (TPSA) is 66.9 Å². The molecule has 0 radical (unpaired) electrons. The number of sulfonamides is 1. The van der Waals surface area contributed by atoms with Crippen LogP contribution in [-0.4, -0.2) is 43.7 Å². The van der Waals surface area contributed by atoms with Gasteiger partial charge in [-0.05, 0) is 42.2 Å². The standard InChI is InChI=1S/C27H30N2O4S/c1-33-25-16-15-24(19-26(25)34(31,32)29-17-9-4-10-18-29)27(30)28(20-22-11-5-2-6-12-22)21-23-13-7-3-8-14-23/h2-3,5-8,11-16,19H,4,9-10,17-18,20-21H2,1H3. The second-order valence-electron chi connectivity index (χ2n) is 8.46. The van der Waals surface area contributed by atoms with Gasteiger partial charge in [-0.3, -0.25) is 4.79 Å². The molecule has 0 unspecified atom stereocenters. The highest BCUT2D eigenvalue weighted by Gasteiger charge is 2.30. The molecule has 0 saturated carbocycles. The number of nitrogens with zero attached hydrogens (tertiary/aromatic N) is 2. The molecule has 1 aliphatic heterocycles. The van der Waals surface area contributed by atoms with E-state index >= 15 is 0 Å². The smallest absolute Gasteiger partial charge is 0.254 e. The van der Waals surface area contributed by atoms with Gasteiger partial charge in [0.2, 0.25) is 10.0 Å². The molecule has 178 valence electrons. The zero-order valence-electron chi connectivity index (χ0n) is 19.4. The van der Waals surface area contributed by atoms with E-state index in [1.54, 1.807) is 17.0 Å². The van der Waals surface area contributed by atoms with Crippen LogP contribution in [-0.2, 0) is 23.1 Å². The van der Waals surface area contributed by atoms with Crippen molar-refractivity contribution in [2.24, 2.45) is 0 Å². The number of carbonyl (C=O) groups is 1. The highest BCUT2D eigenvalue weighted by atomic mass is 32.2. The summed E-state index contributed by atoms with van der Waals surface area (Å²) in [6, 6.07) is 24.2. The third-order valence-electron chi connectivity index (χ3n) is 6.06. The fourth-order valence-electron chi connectivity index (χ4n) is 4.25. The van der Waals surface area contributed by atoms with Crippen molar-refractivity contribution in [1.82, 2.24) is 9.21 Å². The summed E-state index contributed by atoms with van der Waals surface area (Å²) < 4.78 is 33.7. The maximum atomic E-state index is 13.7. The summed E-state index contributed by atoms with van der Waals surface area (Å²) in [5.41, 5.74) is 2.33. The van der Waals surface area contributed by atoms with E-state index in [0.29, 0.717) is 31.7 Å². The fraction of sp³-hybridized carbons (Fsp3) is 0.296. The van der Waals surface area contributed by atoms with E-state index in [0.717, 1.165) is 30.4 Å². The number of hydrogen-bond acceptors (Lipinski definition) is 4. The van der Waals surface area contributed by atoms with Crippen LogP contribution in [0, 0.1) is 0 Å². The third kappa shape index (κ3) is 5.48. The predicted octanol–water partition coefficient (Wildman–Crippen LogP) is 4.71. The quantitative estimate of drug-likeness (QED) is 0.470. The summed E-state index contributed by atoms with van der Waals surface area (Å²) in [7, 11) is -2.32. The molecule has 0 bridgehead atoms. The van der Waals surface area contributed by atoms with Crippen LogP contribution < -0.4 is 4.74 Å². The van der Waals surface area contributed by atoms with Crippen LogP contribution in [0.1, 0.15) is 40.7 Å². The van der Waals surface area contributed by atoms with Gasteiger partial charge in [-0.1, -0.05) is 67.1 Å². The molecule has 0 spiro atoms. The number of methoxy groups -OCH3 is 1. The lowest BCUT2D eigenvalue weighted by Gasteiger charge is -2.27. The zero-order valence-corrected chi connectivity index (χ0v) is 20.2. The number of carbonyl (C=O) groups excluding carboxylic acids is 1. The number of amides is 1. The normalized spacial score (nSPS) is 14.5. The molecule has 1 aliphatic rings. The van der Waals surface area contributed by atoms with Crippen molar-refractivity contribution in [3.8, 4) is 5.75 Å². The lowest BCUT2D eigenvalue weighted by molar-refractivity contribution is 0.0729. The average molecular weight is 479 g/mol. The second kappa shape index (κ2) is 10.8. The van der Waals surface area contributed by atoms with Gasteiger partial charge in [0, 0.05) is 31.7 Å². The Hall–Kier alpha value is -3.16. The highest BCUT2D eigenvalue weighted by Crippen LogP contribution is 2.30. The van der Waals surface area contributed by atoms with Crippen molar-refractivity contribution in [2.45, 2.75) is 37.2 Å². The van der Waals surface area contributed by atoms with Gasteiger partial charge in [-0.2, -0.15) is 4.31 Å². The van der Waals surface area contributed by atoms with Crippen LogP contribution in [0.25, 0.3) is 0 Å². The molecule has 3 aromatic rings. The molecule has 0 aliphatic carbocycles. The van der Waals surface area contributed by atoms with Gasteiger partial charge in [0.25, 0.3) is 5.91 Å². The number of rotatable bonds is 8. The minimum absolute atomic E-state index is 0.0436. The van der Waals surface area contributed by atoms with Crippen molar-refractivity contribution >= 4 is 15.9 Å². The summed E-state index contributed by atoms with van der Waals surface area (Å²) in [5.74, 6) is 0.0187. The molecule has 4 rings (SSSR count). The Morgan fingerprint density at radius 2 is 1.41 bits per heavy atom. The molecular formula is C27H30N2O4S. The van der Waals surface area contributed by atoms with Gasteiger partial charge in [0.05, 0.1) is 7.11 Å². The molecule has 0 atom stereocenters. The van der Waals surface area contributed by atoms with E-state index in [-0.39, 0.29) is 16.6 Å². The van der Waals surface area contributed by atoms with Gasteiger partial charge >= 0.3 is 0 Å². The number of ether oxygens (including phenoxy) is 1. The Bertz CT molecular complexity index is 1170. The van der Waals surface area contributed by atoms with E-state index in [9.17, 15) is 13.2 Å². The first-order valence-corrected chi connectivity index (χ1v) is 13.0. The van der Waals surface area contributed by atoms with Crippen LogP contribution >= 0.6 is 0 Å². The first kappa shape index (κ1) is 24.0. The summed E-state index contributed by atoms with van der Waals surface area (Å²) >= 11 is 0. The van der Waals surface area contributed by atoms with E-state index in [1.807, 2.05) is 60.7 Å². The maximum absolute atomic E-state index is 13.7. The van der Waals surface area contributed by atoms with Crippen LogP contribution in [0.2, 0.25) is 0 Å². The van der Waals surface area contributed by atoms with Crippen molar-refractivity contribution in [3.63, 3.8) is 0 Å². The lowest BCUT2D eigenvalue weighted by Crippen LogP contribution is -2.36. The predicted molar refractivity (Wildman–Crippen MR) is 132 cm³/mol. The molecule has 1 fully saturated rings. The van der Waals surface area contributed by atoms with Crippen LogP contribution in [0.3, 0.4) is 0 Å². The Morgan fingerprint density at radius 3 is 1.94 bits per heavy atom. The van der Waals surface area contributed by atoms with Crippen LogP contribution in [0.15, 0.2) is 83.8 Å². The first-order valence-electron chi connectivity index (χ1n) is 11.5. The molecule has 6 nitrogen and oxygen atoms in total. The minimum Gasteiger partial charge on any atom is -0.495 e. The number of hydrogen-bond donors (Lipinski definition) is 0. The average Bonchev–Trinajstić information content (AvgIpc) is 2.89. The summed E-state index contributed by atoms with van der Waals surface area (Å²) in [6.07, 6.45) is 2.69. The van der Waals surface area contributed by atoms with Crippen molar-refractivity contribution < 1.29 is 17.9 Å². The Labute approximate surface area is 201 Å². The second-order valence-corrected chi connectivity index (χ2v) is 10.4. The monoisotopic (exact) mass is 478 g/mol. The summed E-state index contributed by atoms with van der Waals surface area (Å²) in [5, 5.41) is 0. The lowest BCUT2D eigenvalue weighted by atomic mass is 10.1. The van der Waals surface area contributed by atoms with E-state index in [4.69, 9.17) is 4.74 Å². The van der Waals surface area contributed by atoms with Crippen molar-refractivity contribution in [1.29, 1.82) is 0 Å². The summed E-state index contributed by atoms with van der Waals surface area (Å²) in [4.78, 5) is 15.5. The van der Waals surface area contributed by atoms with Gasteiger partial charge in [0.1, 0.15) is 10.6 Å². The molecule has 0 N–H and O–H groups in total. The SMILES string of the molecule is COc1ccc(C(=O)N(Cc2ccccc2)Cc2ccccc2)cc1S(=O)(=O)N1CCCCC1. The van der Waals surface area contributed by atoms with E-state index < -0.39 is 10.0 Å². The zero-order chi connectivity index (χ0) is 24.0. The Kier molecular flexibility index (Phi) is 7.65. The van der Waals surface area contributed by atoms with Gasteiger partial charge in [-0.15, -0.1) is 0 Å². The number of benzene rings is 3. The fourth-order valence-corrected chi connectivity index (χ4v) is 5.94. The highest BCUT2D eigenvalue weighted by molar-refractivity contribution is 7.89. The largest absolute Gasteiger partial charge is 0.495 e. The van der Waals surface area contributed by atoms with E-state index in [1.165, 1.54) is 17.5 Å². The Morgan fingerprint density at radius 1 is 0.853 bits per heavy atom. The minimum atomic E-state index is -3.77. The third-order valence-corrected chi connectivity index (χ3v) is 7.98. The first-order chi connectivity index (χ1) is 16.5. The van der Waals surface area contributed by atoms with Crippen LogP contribution in [0.5, 0.6) is 5.75 Å². The Balaban J connectivity index is 1.68. The van der Waals surface area contributed by atoms with Gasteiger partial charge < -0.3 is 9.64 Å². The maximum Gasteiger partial charge on any atom is 0.254 e. The molecule has 1 saturated heterocycles. The molecule has 0 aromatic heterocycles. The molecular weight excluding hydrogens is 448 g/mol. The molecule has 34 heavy (non-hydrogen) atoms. The van der Waals surface area contributed by atoms with Gasteiger partial charge in [0.15, 0.2) is 0 Å². The molecule has 7 heteroatoms. The van der Waals surface area contributed by atoms with Crippen molar-refractivity contribution in [3.05, 3.63) is 95.6 Å². The van der Waals surface area contributed by atoms with Crippen molar-refractivity contribution in [2.75, 3.05) is 20.2 Å². The molecule has 3 aromatic carbocycles. The van der Waals surface area contributed by atoms with E-state index in [2.05, 4.69) is 0 Å².